The van der Waals surface area contributed by atoms with Crippen molar-refractivity contribution in [2.24, 2.45) is 0 Å². The van der Waals surface area contributed by atoms with Gasteiger partial charge in [-0.2, -0.15) is 4.98 Å². The van der Waals surface area contributed by atoms with E-state index in [-0.39, 0.29) is 29.8 Å². The van der Waals surface area contributed by atoms with E-state index in [4.69, 9.17) is 30.8 Å². The van der Waals surface area contributed by atoms with Crippen LogP contribution in [0.2, 0.25) is 5.02 Å². The van der Waals surface area contributed by atoms with Gasteiger partial charge in [-0.3, -0.25) is 14.6 Å². The van der Waals surface area contributed by atoms with Gasteiger partial charge in [-0.15, -0.1) is 0 Å². The molecule has 0 aliphatic carbocycles. The summed E-state index contributed by atoms with van der Waals surface area (Å²) in [5.41, 5.74) is 4.76. The molecule has 13 heteroatoms. The molecule has 0 spiro atoms. The second-order valence-electron chi connectivity index (χ2n) is 12.9. The fourth-order valence-electron chi connectivity index (χ4n) is 6.27. The molecule has 1 aromatic heterocycles. The molecule has 12 nitrogen and oxygen atoms in total. The molecule has 2 aliphatic heterocycles. The van der Waals surface area contributed by atoms with E-state index in [2.05, 4.69) is 27.3 Å². The van der Waals surface area contributed by atoms with Gasteiger partial charge in [0, 0.05) is 61.3 Å². The Balaban J connectivity index is 1.34. The van der Waals surface area contributed by atoms with E-state index >= 15 is 0 Å². The molecule has 1 atom stereocenters. The van der Waals surface area contributed by atoms with Crippen LogP contribution in [0.5, 0.6) is 11.5 Å². The summed E-state index contributed by atoms with van der Waals surface area (Å²) in [6.07, 6.45) is 5.44. The highest BCUT2D eigenvalue weighted by molar-refractivity contribution is 6.35. The maximum Gasteiger partial charge on any atom is 0.331 e. The zero-order chi connectivity index (χ0) is 36.8. The summed E-state index contributed by atoms with van der Waals surface area (Å²) >= 11 is 6.82. The molecule has 1 N–H and O–H groups in total. The number of methoxy groups -OCH3 is 2. The number of halogens is 1. The van der Waals surface area contributed by atoms with Gasteiger partial charge < -0.3 is 29.3 Å². The number of carbonyl (C=O) groups excluding carboxylic acids is 2. The van der Waals surface area contributed by atoms with Crippen molar-refractivity contribution in [2.45, 2.75) is 25.9 Å². The molecule has 1 unspecified atom stereocenters. The van der Waals surface area contributed by atoms with Gasteiger partial charge in [0.2, 0.25) is 5.95 Å². The molecule has 6 rings (SSSR count). The number of urea groups is 1. The Morgan fingerprint density at radius 3 is 2.56 bits per heavy atom. The number of rotatable bonds is 13. The van der Waals surface area contributed by atoms with E-state index < -0.39 is 6.04 Å². The van der Waals surface area contributed by atoms with Gasteiger partial charge in [0.05, 0.1) is 45.7 Å². The van der Waals surface area contributed by atoms with Crippen LogP contribution in [0.1, 0.15) is 29.7 Å². The predicted molar refractivity (Wildman–Crippen MR) is 205 cm³/mol. The van der Waals surface area contributed by atoms with Crippen molar-refractivity contribution >= 4 is 52.2 Å². The minimum Gasteiger partial charge on any atom is -0.497 e. The lowest BCUT2D eigenvalue weighted by Crippen LogP contribution is -2.49. The molecule has 2 amide bonds. The monoisotopic (exact) mass is 725 g/mol. The maximum atomic E-state index is 14.7. The molecule has 1 fully saturated rings. The molecular formula is C39H44ClN7O5. The topological polar surface area (TPSA) is 113 Å². The zero-order valence-corrected chi connectivity index (χ0v) is 30.9. The summed E-state index contributed by atoms with van der Waals surface area (Å²) in [6, 6.07) is 18.4. The van der Waals surface area contributed by atoms with Crippen LogP contribution in [0.4, 0.5) is 33.6 Å². The molecule has 2 aliphatic rings. The third-order valence-corrected chi connectivity index (χ3v) is 9.43. The quantitative estimate of drug-likeness (QED) is 0.150. The Bertz CT molecular complexity index is 1930. The number of hydrogen-bond donors (Lipinski definition) is 1. The van der Waals surface area contributed by atoms with Gasteiger partial charge in [-0.25, -0.2) is 9.78 Å². The lowest BCUT2D eigenvalue weighted by atomic mass is 10.00. The summed E-state index contributed by atoms with van der Waals surface area (Å²) in [6.45, 7) is 5.90. The number of allylic oxidation sites excluding steroid dienone is 1. The van der Waals surface area contributed by atoms with E-state index in [0.29, 0.717) is 48.7 Å². The molecule has 272 valence electrons. The van der Waals surface area contributed by atoms with Gasteiger partial charge >= 0.3 is 6.03 Å². The first-order valence-corrected chi connectivity index (χ1v) is 17.5. The number of hydrogen-bond acceptors (Lipinski definition) is 10. The number of amides is 2. The number of aromatic nitrogens is 2. The molecular weight excluding hydrogens is 682 g/mol. The average molecular weight is 726 g/mol. The van der Waals surface area contributed by atoms with Gasteiger partial charge in [0.1, 0.15) is 22.3 Å². The van der Waals surface area contributed by atoms with E-state index in [9.17, 15) is 9.59 Å². The number of likely N-dealkylation sites (N-methyl/N-ethyl adjacent to an activating group) is 1. The number of anilines is 5. The van der Waals surface area contributed by atoms with Crippen LogP contribution in [0.15, 0.2) is 79.0 Å². The number of ether oxygens (including phenoxy) is 3. The first-order valence-electron chi connectivity index (χ1n) is 17.2. The molecule has 3 aromatic carbocycles. The number of benzene rings is 3. The summed E-state index contributed by atoms with van der Waals surface area (Å²) in [7, 11) is 6.96. The summed E-state index contributed by atoms with van der Waals surface area (Å²) in [5, 5.41) is 3.59. The van der Waals surface area contributed by atoms with Gasteiger partial charge in [-0.1, -0.05) is 41.9 Å². The summed E-state index contributed by atoms with van der Waals surface area (Å²) in [4.78, 5) is 44.5. The second kappa shape index (κ2) is 16.4. The number of fused-ring (bicyclic) bond motifs is 1. The minimum absolute atomic E-state index is 0.000252. The molecule has 0 bridgehead atoms. The number of nitrogens with zero attached hydrogens (tertiary/aromatic N) is 6. The highest BCUT2D eigenvalue weighted by atomic mass is 35.5. The molecule has 0 saturated carbocycles. The predicted octanol–water partition coefficient (Wildman–Crippen LogP) is 6.66. The second-order valence-corrected chi connectivity index (χ2v) is 13.3. The highest BCUT2D eigenvalue weighted by Gasteiger charge is 2.38. The Hall–Kier alpha value is -5.17. The van der Waals surface area contributed by atoms with Crippen LogP contribution in [0, 0.1) is 0 Å². The van der Waals surface area contributed by atoms with Crippen LogP contribution < -0.4 is 29.5 Å². The first-order chi connectivity index (χ1) is 25.1. The Labute approximate surface area is 309 Å². The number of nitrogens with one attached hydrogen (secondary N) is 1. The number of morpholine rings is 1. The van der Waals surface area contributed by atoms with Gasteiger partial charge in [-0.05, 0) is 62.5 Å². The summed E-state index contributed by atoms with van der Waals surface area (Å²) in [5.74, 6) is 1.68. The standard InChI is InChI=1S/C39H44ClN7O5/c1-26(28-9-6-8-27(20-28)21-32(48)10-7-15-44(2)3)47-37-29(25-46(39(47)49)34-22-33(50-4)23-35(51-5)36(34)40)24-41-38(43-37)42-30-11-13-31(14-12-30)45-16-18-52-19-17-45/h6-14,20,22-24,26H,15-19,21,25H2,1-5H3,(H,41,42,43)/b10-7+. The average Bonchev–Trinajstić information content (AvgIpc) is 3.15. The molecule has 3 heterocycles. The van der Waals surface area contributed by atoms with Crippen molar-refractivity contribution in [1.82, 2.24) is 14.9 Å². The minimum atomic E-state index is -0.491. The number of carbonyl (C=O) groups is 2. The van der Waals surface area contributed by atoms with Crippen LogP contribution in [0.25, 0.3) is 0 Å². The fourth-order valence-corrected chi connectivity index (χ4v) is 6.56. The van der Waals surface area contributed by atoms with Crippen molar-refractivity contribution in [1.29, 1.82) is 0 Å². The zero-order valence-electron chi connectivity index (χ0n) is 30.1. The lowest BCUT2D eigenvalue weighted by molar-refractivity contribution is -0.114. The highest BCUT2D eigenvalue weighted by Crippen LogP contribution is 2.43. The number of ketones is 1. The van der Waals surface area contributed by atoms with Crippen LogP contribution >= 0.6 is 11.6 Å². The third kappa shape index (κ3) is 8.31. The molecule has 0 radical (unpaired) electrons. The Kier molecular flexibility index (Phi) is 11.6. The van der Waals surface area contributed by atoms with Crippen molar-refractivity contribution in [2.75, 3.05) is 81.2 Å². The van der Waals surface area contributed by atoms with Crippen molar-refractivity contribution in [3.8, 4) is 11.5 Å². The molecule has 52 heavy (non-hydrogen) atoms. The van der Waals surface area contributed by atoms with E-state index in [1.54, 1.807) is 41.3 Å². The normalized spacial score (nSPS) is 15.2. The van der Waals surface area contributed by atoms with E-state index in [1.165, 1.54) is 7.11 Å². The Morgan fingerprint density at radius 1 is 1.08 bits per heavy atom. The van der Waals surface area contributed by atoms with Crippen molar-refractivity contribution < 1.29 is 23.8 Å². The largest absolute Gasteiger partial charge is 0.497 e. The smallest absolute Gasteiger partial charge is 0.331 e. The first kappa shape index (κ1) is 36.6. The SMILES string of the molecule is COc1cc(OC)c(Cl)c(N2Cc3cnc(Nc4ccc(N5CCOCC5)cc4)nc3N(C(C)c3cccc(CC(=O)/C=C/CN(C)C)c3)C2=O)c1. The van der Waals surface area contributed by atoms with Gasteiger partial charge in [0.25, 0.3) is 0 Å². The van der Waals surface area contributed by atoms with E-state index in [0.717, 1.165) is 41.2 Å². The van der Waals surface area contributed by atoms with Crippen LogP contribution in [-0.4, -0.2) is 87.8 Å². The third-order valence-electron chi connectivity index (χ3n) is 9.05. The van der Waals surface area contributed by atoms with Crippen molar-refractivity contribution in [3.05, 3.63) is 101 Å². The van der Waals surface area contributed by atoms with Crippen molar-refractivity contribution in [3.63, 3.8) is 0 Å². The van der Waals surface area contributed by atoms with Gasteiger partial charge in [0.15, 0.2) is 5.78 Å². The maximum absolute atomic E-state index is 14.7. The molecule has 1 saturated heterocycles. The summed E-state index contributed by atoms with van der Waals surface area (Å²) < 4.78 is 16.5. The van der Waals surface area contributed by atoms with E-state index in [1.807, 2.05) is 68.4 Å². The van der Waals surface area contributed by atoms with Crippen LogP contribution in [-0.2, 0) is 22.5 Å². The Morgan fingerprint density at radius 2 is 1.85 bits per heavy atom. The lowest BCUT2D eigenvalue weighted by Gasteiger charge is -2.39. The fraction of sp³-hybridized carbons (Fsp3) is 0.333. The molecule has 4 aromatic rings. The van der Waals surface area contributed by atoms with Crippen LogP contribution in [0.3, 0.4) is 0 Å².